The maximum Gasteiger partial charge on any atom is 0.241 e. The van der Waals surface area contributed by atoms with Crippen molar-refractivity contribution in [1.29, 1.82) is 0 Å². The summed E-state index contributed by atoms with van der Waals surface area (Å²) >= 11 is 12.0. The fraction of sp³-hybridized carbons (Fsp3) is 0.294. The Labute approximate surface area is 152 Å². The topological polar surface area (TPSA) is 55.4 Å². The van der Waals surface area contributed by atoms with E-state index in [4.69, 9.17) is 27.9 Å². The molecule has 0 unspecified atom stereocenters. The molecular formula is C17H19Cl2NO3S. The fourth-order valence-electron chi connectivity index (χ4n) is 2.57. The standard InChI is InChI=1S/C17H19Cl2NO3S/c1-10-7-16(23-4)11(2)12(3)17(10)24(21,22)20-9-13-8-14(18)5-6-15(13)19/h5-8,20H,9H2,1-4H3. The summed E-state index contributed by atoms with van der Waals surface area (Å²) in [6, 6.07) is 6.67. The maximum atomic E-state index is 12.8. The predicted molar refractivity (Wildman–Crippen MR) is 97.7 cm³/mol. The van der Waals surface area contributed by atoms with Gasteiger partial charge in [-0.05, 0) is 67.3 Å². The van der Waals surface area contributed by atoms with E-state index >= 15 is 0 Å². The van der Waals surface area contributed by atoms with E-state index in [9.17, 15) is 8.42 Å². The van der Waals surface area contributed by atoms with Gasteiger partial charge in [-0.1, -0.05) is 23.2 Å². The van der Waals surface area contributed by atoms with E-state index in [1.54, 1.807) is 45.2 Å². The highest BCUT2D eigenvalue weighted by Crippen LogP contribution is 2.30. The first-order valence-corrected chi connectivity index (χ1v) is 9.49. The number of hydrogen-bond donors (Lipinski definition) is 1. The molecule has 0 aliphatic heterocycles. The number of sulfonamides is 1. The highest BCUT2D eigenvalue weighted by atomic mass is 35.5. The van der Waals surface area contributed by atoms with Crippen LogP contribution in [0.15, 0.2) is 29.2 Å². The normalized spacial score (nSPS) is 11.6. The van der Waals surface area contributed by atoms with Gasteiger partial charge in [-0.3, -0.25) is 0 Å². The average molecular weight is 388 g/mol. The summed E-state index contributed by atoms with van der Waals surface area (Å²) in [6.45, 7) is 5.41. The van der Waals surface area contributed by atoms with Crippen LogP contribution in [0, 0.1) is 20.8 Å². The molecule has 130 valence electrons. The fourth-order valence-corrected chi connectivity index (χ4v) is 4.48. The first-order chi connectivity index (χ1) is 11.2. The summed E-state index contributed by atoms with van der Waals surface area (Å²) in [4.78, 5) is 0.263. The third-order valence-corrected chi connectivity index (χ3v) is 6.22. The summed E-state index contributed by atoms with van der Waals surface area (Å²) in [5, 5.41) is 0.961. The lowest BCUT2D eigenvalue weighted by atomic mass is 10.1. The lowest BCUT2D eigenvalue weighted by Gasteiger charge is -2.17. The second-order valence-electron chi connectivity index (χ2n) is 5.54. The number of ether oxygens (including phenoxy) is 1. The van der Waals surface area contributed by atoms with Gasteiger partial charge in [0.25, 0.3) is 0 Å². The van der Waals surface area contributed by atoms with Gasteiger partial charge < -0.3 is 4.74 Å². The summed E-state index contributed by atoms with van der Waals surface area (Å²) in [5.41, 5.74) is 2.70. The Hall–Kier alpha value is -1.27. The number of rotatable bonds is 5. The van der Waals surface area contributed by atoms with Crippen molar-refractivity contribution in [2.75, 3.05) is 7.11 Å². The van der Waals surface area contributed by atoms with Crippen molar-refractivity contribution in [1.82, 2.24) is 4.72 Å². The van der Waals surface area contributed by atoms with Gasteiger partial charge in [0, 0.05) is 16.6 Å². The Bertz CT molecular complexity index is 880. The Balaban J connectivity index is 2.38. The third kappa shape index (κ3) is 3.86. The molecule has 0 fully saturated rings. The quantitative estimate of drug-likeness (QED) is 0.826. The van der Waals surface area contributed by atoms with Gasteiger partial charge in [-0.15, -0.1) is 0 Å². The van der Waals surface area contributed by atoms with Crippen molar-refractivity contribution < 1.29 is 13.2 Å². The monoisotopic (exact) mass is 387 g/mol. The van der Waals surface area contributed by atoms with Crippen LogP contribution < -0.4 is 9.46 Å². The second kappa shape index (κ2) is 7.31. The Morgan fingerprint density at radius 1 is 1.08 bits per heavy atom. The van der Waals surface area contributed by atoms with Crippen molar-refractivity contribution in [3.63, 3.8) is 0 Å². The van der Waals surface area contributed by atoms with Gasteiger partial charge in [-0.2, -0.15) is 0 Å². The summed E-state index contributed by atoms with van der Waals surface area (Å²) in [7, 11) is -2.14. The second-order valence-corrected chi connectivity index (χ2v) is 8.08. The molecule has 0 aromatic heterocycles. The first kappa shape index (κ1) is 19.1. The van der Waals surface area contributed by atoms with Crippen LogP contribution in [0.5, 0.6) is 5.75 Å². The van der Waals surface area contributed by atoms with Crippen LogP contribution in [-0.4, -0.2) is 15.5 Å². The lowest BCUT2D eigenvalue weighted by molar-refractivity contribution is 0.410. The Morgan fingerprint density at radius 3 is 2.38 bits per heavy atom. The van der Waals surface area contributed by atoms with Gasteiger partial charge in [0.05, 0.1) is 12.0 Å². The number of halogens is 2. The summed E-state index contributed by atoms with van der Waals surface area (Å²) in [6.07, 6.45) is 0. The van der Waals surface area contributed by atoms with Crippen molar-refractivity contribution in [3.8, 4) is 5.75 Å². The van der Waals surface area contributed by atoms with Gasteiger partial charge in [-0.25, -0.2) is 13.1 Å². The van der Waals surface area contributed by atoms with Gasteiger partial charge in [0.1, 0.15) is 5.75 Å². The van der Waals surface area contributed by atoms with Crippen LogP contribution in [0.3, 0.4) is 0 Å². The van der Waals surface area contributed by atoms with Crippen LogP contribution in [0.25, 0.3) is 0 Å². The zero-order chi connectivity index (χ0) is 18.1. The summed E-state index contributed by atoms with van der Waals surface area (Å²) < 4.78 is 33.4. The van der Waals surface area contributed by atoms with Gasteiger partial charge >= 0.3 is 0 Å². The van der Waals surface area contributed by atoms with Crippen LogP contribution >= 0.6 is 23.2 Å². The SMILES string of the molecule is COc1cc(C)c(S(=O)(=O)NCc2cc(Cl)ccc2Cl)c(C)c1C. The molecule has 0 spiro atoms. The lowest BCUT2D eigenvalue weighted by Crippen LogP contribution is -2.25. The van der Waals surface area contributed by atoms with E-state index in [-0.39, 0.29) is 11.4 Å². The highest BCUT2D eigenvalue weighted by molar-refractivity contribution is 7.89. The van der Waals surface area contributed by atoms with E-state index < -0.39 is 10.0 Å². The van der Waals surface area contributed by atoms with Crippen molar-refractivity contribution in [2.45, 2.75) is 32.2 Å². The van der Waals surface area contributed by atoms with E-state index in [2.05, 4.69) is 4.72 Å². The predicted octanol–water partition coefficient (Wildman–Crippen LogP) is 4.41. The molecule has 0 radical (unpaired) electrons. The molecule has 0 saturated carbocycles. The van der Waals surface area contributed by atoms with Crippen LogP contribution in [-0.2, 0) is 16.6 Å². The number of nitrogens with one attached hydrogen (secondary N) is 1. The number of methoxy groups -OCH3 is 1. The molecule has 0 bridgehead atoms. The van der Waals surface area contributed by atoms with E-state index in [1.807, 2.05) is 6.92 Å². The van der Waals surface area contributed by atoms with Crippen LogP contribution in [0.2, 0.25) is 10.0 Å². The molecule has 1 N–H and O–H groups in total. The molecule has 2 rings (SSSR count). The van der Waals surface area contributed by atoms with Crippen molar-refractivity contribution in [2.24, 2.45) is 0 Å². The highest BCUT2D eigenvalue weighted by Gasteiger charge is 2.22. The van der Waals surface area contributed by atoms with Crippen molar-refractivity contribution in [3.05, 3.63) is 56.6 Å². The maximum absolute atomic E-state index is 12.8. The molecule has 0 aliphatic carbocycles. The average Bonchev–Trinajstić information content (AvgIpc) is 2.51. The molecule has 24 heavy (non-hydrogen) atoms. The molecule has 2 aromatic rings. The minimum atomic E-state index is -3.70. The minimum absolute atomic E-state index is 0.0612. The number of aryl methyl sites for hydroxylation is 1. The molecule has 0 heterocycles. The van der Waals surface area contributed by atoms with Crippen LogP contribution in [0.4, 0.5) is 0 Å². The number of benzene rings is 2. The molecule has 4 nitrogen and oxygen atoms in total. The van der Waals surface area contributed by atoms with E-state index in [0.29, 0.717) is 32.5 Å². The molecular weight excluding hydrogens is 369 g/mol. The first-order valence-electron chi connectivity index (χ1n) is 7.25. The Morgan fingerprint density at radius 2 is 1.75 bits per heavy atom. The minimum Gasteiger partial charge on any atom is -0.496 e. The zero-order valence-electron chi connectivity index (χ0n) is 13.9. The van der Waals surface area contributed by atoms with E-state index in [0.717, 1.165) is 5.56 Å². The van der Waals surface area contributed by atoms with Crippen molar-refractivity contribution >= 4 is 33.2 Å². The third-order valence-electron chi connectivity index (χ3n) is 3.93. The Kier molecular flexibility index (Phi) is 5.81. The molecule has 0 atom stereocenters. The molecule has 0 amide bonds. The molecule has 7 heteroatoms. The van der Waals surface area contributed by atoms with Gasteiger partial charge in [0.2, 0.25) is 10.0 Å². The molecule has 2 aromatic carbocycles. The number of hydrogen-bond acceptors (Lipinski definition) is 3. The van der Waals surface area contributed by atoms with Crippen LogP contribution in [0.1, 0.15) is 22.3 Å². The molecule has 0 saturated heterocycles. The zero-order valence-corrected chi connectivity index (χ0v) is 16.2. The smallest absolute Gasteiger partial charge is 0.241 e. The van der Waals surface area contributed by atoms with E-state index in [1.165, 1.54) is 0 Å². The summed E-state index contributed by atoms with van der Waals surface area (Å²) in [5.74, 6) is 0.668. The van der Waals surface area contributed by atoms with Gasteiger partial charge in [0.15, 0.2) is 0 Å². The largest absolute Gasteiger partial charge is 0.496 e. The molecule has 0 aliphatic rings.